The first-order chi connectivity index (χ1) is 4.34. The van der Waals surface area contributed by atoms with Gasteiger partial charge in [0.15, 0.2) is 0 Å². The van der Waals surface area contributed by atoms with E-state index < -0.39 is 0 Å². The number of rotatable bonds is 2. The van der Waals surface area contributed by atoms with E-state index in [4.69, 9.17) is 0 Å². The van der Waals surface area contributed by atoms with Crippen molar-refractivity contribution >= 4 is 14.1 Å². The first-order valence-electron chi connectivity index (χ1n) is 3.80. The highest BCUT2D eigenvalue weighted by Crippen LogP contribution is 2.31. The van der Waals surface area contributed by atoms with Crippen LogP contribution in [0.2, 0.25) is 5.82 Å². The summed E-state index contributed by atoms with van der Waals surface area (Å²) in [7, 11) is 2.03. The second-order valence-corrected chi connectivity index (χ2v) is 3.04. The lowest BCUT2D eigenvalue weighted by Crippen LogP contribution is -2.05. The van der Waals surface area contributed by atoms with Crippen LogP contribution in [0.5, 0.6) is 0 Å². The zero-order chi connectivity index (χ0) is 6.69. The van der Waals surface area contributed by atoms with E-state index in [1.165, 1.54) is 25.7 Å². The number of aldehydes is 1. The van der Waals surface area contributed by atoms with Crippen molar-refractivity contribution in [2.75, 3.05) is 0 Å². The van der Waals surface area contributed by atoms with Crippen LogP contribution < -0.4 is 0 Å². The fourth-order valence-electron chi connectivity index (χ4n) is 1.59. The molecule has 1 nitrogen and oxygen atoms in total. The summed E-state index contributed by atoms with van der Waals surface area (Å²) >= 11 is 0. The van der Waals surface area contributed by atoms with Gasteiger partial charge in [-0.2, -0.15) is 0 Å². The van der Waals surface area contributed by atoms with Crippen molar-refractivity contribution in [3.8, 4) is 0 Å². The minimum absolute atomic E-state index is 0.312. The molecule has 1 saturated carbocycles. The van der Waals surface area contributed by atoms with Crippen molar-refractivity contribution in [1.82, 2.24) is 0 Å². The Balaban J connectivity index is 2.32. The van der Waals surface area contributed by atoms with Gasteiger partial charge in [-0.15, -0.1) is 0 Å². The second kappa shape index (κ2) is 3.04. The molecule has 0 bridgehead atoms. The zero-order valence-electron chi connectivity index (χ0n) is 5.97. The van der Waals surface area contributed by atoms with Gasteiger partial charge in [0.25, 0.3) is 0 Å². The van der Waals surface area contributed by atoms with Crippen molar-refractivity contribution in [2.45, 2.75) is 31.5 Å². The van der Waals surface area contributed by atoms with Gasteiger partial charge in [0.1, 0.15) is 14.1 Å². The van der Waals surface area contributed by atoms with Crippen molar-refractivity contribution in [2.24, 2.45) is 5.92 Å². The molecule has 1 rings (SSSR count). The van der Waals surface area contributed by atoms with E-state index in [2.05, 4.69) is 0 Å². The normalized spacial score (nSPS) is 24.0. The predicted octanol–water partition coefficient (Wildman–Crippen LogP) is 0.797. The van der Waals surface area contributed by atoms with Crippen LogP contribution in [0.25, 0.3) is 0 Å². The Morgan fingerprint density at radius 3 is 2.44 bits per heavy atom. The average Bonchev–Trinajstić information content (AvgIpc) is 2.37. The fourth-order valence-corrected chi connectivity index (χ4v) is 1.59. The summed E-state index contributed by atoms with van der Waals surface area (Å²) in [5.41, 5.74) is 0. The maximum Gasteiger partial charge on any atom is 0.115 e. The fraction of sp³-hybridized carbons (Fsp3) is 0.857. The molecule has 0 radical (unpaired) electrons. The summed E-state index contributed by atoms with van der Waals surface area (Å²) in [6.07, 6.45) is 6.32. The van der Waals surface area contributed by atoms with Gasteiger partial charge < -0.3 is 4.79 Å². The zero-order valence-corrected chi connectivity index (χ0v) is 5.97. The van der Waals surface area contributed by atoms with E-state index in [-0.39, 0.29) is 0 Å². The topological polar surface area (TPSA) is 17.1 Å². The van der Waals surface area contributed by atoms with Crippen LogP contribution >= 0.6 is 0 Å². The minimum Gasteiger partial charge on any atom is -0.304 e. The van der Waals surface area contributed by atoms with Crippen LogP contribution in [-0.2, 0) is 4.79 Å². The SMILES string of the molecule is BC(C=O)C1CCCC1. The van der Waals surface area contributed by atoms with E-state index in [9.17, 15) is 4.79 Å². The van der Waals surface area contributed by atoms with Gasteiger partial charge in [-0.1, -0.05) is 25.7 Å². The highest BCUT2D eigenvalue weighted by atomic mass is 16.1. The van der Waals surface area contributed by atoms with E-state index >= 15 is 0 Å². The summed E-state index contributed by atoms with van der Waals surface area (Å²) in [5.74, 6) is 1.02. The third kappa shape index (κ3) is 1.57. The molecule has 0 aliphatic heterocycles. The number of carbonyl (C=O) groups is 1. The standard InChI is InChI=1S/C7H13BO/c8-7(5-9)6-3-1-2-4-6/h5-7H,1-4,8H2. The van der Waals surface area contributed by atoms with Crippen LogP contribution in [0.3, 0.4) is 0 Å². The van der Waals surface area contributed by atoms with Crippen molar-refractivity contribution in [3.63, 3.8) is 0 Å². The molecule has 0 aromatic rings. The Morgan fingerprint density at radius 1 is 1.44 bits per heavy atom. The Bertz CT molecular complexity index is 97.1. The number of hydrogen-bond acceptors (Lipinski definition) is 1. The molecular weight excluding hydrogens is 111 g/mol. The maximum absolute atomic E-state index is 10.3. The molecule has 0 spiro atoms. The highest BCUT2D eigenvalue weighted by Gasteiger charge is 2.20. The summed E-state index contributed by atoms with van der Waals surface area (Å²) in [5, 5.41) is 0. The molecule has 1 unspecified atom stereocenters. The molecule has 2 heteroatoms. The van der Waals surface area contributed by atoms with Crippen LogP contribution in [0.15, 0.2) is 0 Å². The van der Waals surface area contributed by atoms with E-state index in [1.54, 1.807) is 0 Å². The summed E-state index contributed by atoms with van der Waals surface area (Å²) in [4.78, 5) is 10.3. The first-order valence-corrected chi connectivity index (χ1v) is 3.80. The molecule has 0 aromatic heterocycles. The molecule has 50 valence electrons. The second-order valence-electron chi connectivity index (χ2n) is 3.04. The Hall–Kier alpha value is -0.265. The summed E-state index contributed by atoms with van der Waals surface area (Å²) in [6.45, 7) is 0. The Kier molecular flexibility index (Phi) is 2.32. The molecule has 0 N–H and O–H groups in total. The smallest absolute Gasteiger partial charge is 0.115 e. The van der Waals surface area contributed by atoms with Gasteiger partial charge in [0, 0.05) is 0 Å². The molecule has 1 aliphatic rings. The molecule has 0 heterocycles. The molecule has 0 amide bonds. The van der Waals surface area contributed by atoms with Crippen molar-refractivity contribution < 1.29 is 4.79 Å². The van der Waals surface area contributed by atoms with Crippen LogP contribution in [0.1, 0.15) is 25.7 Å². The quantitative estimate of drug-likeness (QED) is 0.393. The molecule has 9 heavy (non-hydrogen) atoms. The predicted molar refractivity (Wildman–Crippen MR) is 40.3 cm³/mol. The van der Waals surface area contributed by atoms with E-state index in [1.807, 2.05) is 7.85 Å². The van der Waals surface area contributed by atoms with Gasteiger partial charge >= 0.3 is 0 Å². The lowest BCUT2D eigenvalue weighted by atomic mass is 9.77. The number of carbonyl (C=O) groups excluding carboxylic acids is 1. The highest BCUT2D eigenvalue weighted by molar-refractivity contribution is 6.19. The van der Waals surface area contributed by atoms with Crippen LogP contribution in [0.4, 0.5) is 0 Å². The third-order valence-corrected chi connectivity index (χ3v) is 2.36. The molecular formula is C7H13BO. The molecule has 1 fully saturated rings. The van der Waals surface area contributed by atoms with Crippen molar-refractivity contribution in [1.29, 1.82) is 0 Å². The number of hydrogen-bond donors (Lipinski definition) is 0. The van der Waals surface area contributed by atoms with Gasteiger partial charge in [-0.05, 0) is 11.7 Å². The Morgan fingerprint density at radius 2 is 2.00 bits per heavy atom. The van der Waals surface area contributed by atoms with Crippen LogP contribution in [0, 0.1) is 5.92 Å². The molecule has 0 saturated heterocycles. The first kappa shape index (κ1) is 6.85. The minimum atomic E-state index is 0.312. The lowest BCUT2D eigenvalue weighted by molar-refractivity contribution is -0.108. The maximum atomic E-state index is 10.3. The van der Waals surface area contributed by atoms with E-state index in [0.717, 1.165) is 6.29 Å². The van der Waals surface area contributed by atoms with Crippen LogP contribution in [-0.4, -0.2) is 14.1 Å². The van der Waals surface area contributed by atoms with Gasteiger partial charge in [-0.25, -0.2) is 0 Å². The van der Waals surface area contributed by atoms with E-state index in [0.29, 0.717) is 11.7 Å². The average molecular weight is 124 g/mol. The van der Waals surface area contributed by atoms with Gasteiger partial charge in [-0.3, -0.25) is 0 Å². The molecule has 1 aliphatic carbocycles. The van der Waals surface area contributed by atoms with Gasteiger partial charge in [0.2, 0.25) is 0 Å². The third-order valence-electron chi connectivity index (χ3n) is 2.36. The summed E-state index contributed by atoms with van der Waals surface area (Å²) < 4.78 is 0. The summed E-state index contributed by atoms with van der Waals surface area (Å²) in [6, 6.07) is 0. The van der Waals surface area contributed by atoms with Crippen molar-refractivity contribution in [3.05, 3.63) is 0 Å². The largest absolute Gasteiger partial charge is 0.304 e. The Labute approximate surface area is 57.2 Å². The monoisotopic (exact) mass is 124 g/mol. The lowest BCUT2D eigenvalue weighted by Gasteiger charge is -2.10. The molecule has 1 atom stereocenters. The van der Waals surface area contributed by atoms with Gasteiger partial charge in [0.05, 0.1) is 0 Å². The molecule has 0 aromatic carbocycles.